The fraction of sp³-hybridized carbons (Fsp3) is 0.273. The minimum atomic E-state index is -0.940. The van der Waals surface area contributed by atoms with Gasteiger partial charge in [-0.25, -0.2) is 0 Å². The van der Waals surface area contributed by atoms with E-state index in [1.165, 1.54) is 4.90 Å². The average molecular weight is 321 g/mol. The third kappa shape index (κ3) is 3.71. The molecule has 0 atom stereocenters. The SMILES string of the molecule is CN(CCC(=O)O)C(=O)c1cccc(Br)c1Cl. The quantitative estimate of drug-likeness (QED) is 0.928. The van der Waals surface area contributed by atoms with Crippen molar-refractivity contribution in [3.05, 3.63) is 33.3 Å². The molecular weight excluding hydrogens is 309 g/mol. The summed E-state index contributed by atoms with van der Waals surface area (Å²) in [4.78, 5) is 23.7. The number of carboxylic acid groups (broad SMARTS) is 1. The summed E-state index contributed by atoms with van der Waals surface area (Å²) in [5.74, 6) is -1.23. The Bertz CT molecular complexity index is 450. The van der Waals surface area contributed by atoms with Crippen LogP contribution < -0.4 is 0 Å². The summed E-state index contributed by atoms with van der Waals surface area (Å²) < 4.78 is 0.636. The molecule has 92 valence electrons. The first-order chi connectivity index (χ1) is 7.93. The summed E-state index contributed by atoms with van der Waals surface area (Å²) >= 11 is 9.21. The summed E-state index contributed by atoms with van der Waals surface area (Å²) in [6.45, 7) is 0.150. The summed E-state index contributed by atoms with van der Waals surface area (Å²) in [6, 6.07) is 5.04. The van der Waals surface area contributed by atoms with Crippen LogP contribution >= 0.6 is 27.5 Å². The lowest BCUT2D eigenvalue weighted by Crippen LogP contribution is -2.29. The number of carbonyl (C=O) groups excluding carboxylic acids is 1. The normalized spacial score (nSPS) is 10.1. The molecule has 1 aromatic rings. The van der Waals surface area contributed by atoms with E-state index in [-0.39, 0.29) is 18.9 Å². The summed E-state index contributed by atoms with van der Waals surface area (Å²) in [5.41, 5.74) is 0.355. The predicted molar refractivity (Wildman–Crippen MR) is 68.4 cm³/mol. The minimum Gasteiger partial charge on any atom is -0.481 e. The molecule has 0 aromatic heterocycles. The molecule has 0 saturated carbocycles. The highest BCUT2D eigenvalue weighted by Crippen LogP contribution is 2.26. The van der Waals surface area contributed by atoms with Crippen LogP contribution in [0.25, 0.3) is 0 Å². The van der Waals surface area contributed by atoms with E-state index in [4.69, 9.17) is 16.7 Å². The fourth-order valence-electron chi connectivity index (χ4n) is 1.24. The monoisotopic (exact) mass is 319 g/mol. The second kappa shape index (κ2) is 6.02. The molecule has 0 aliphatic rings. The zero-order valence-corrected chi connectivity index (χ0v) is 11.5. The summed E-state index contributed by atoms with van der Waals surface area (Å²) in [7, 11) is 1.54. The molecule has 0 heterocycles. The molecule has 1 amide bonds. The highest BCUT2D eigenvalue weighted by Gasteiger charge is 2.16. The van der Waals surface area contributed by atoms with E-state index in [9.17, 15) is 9.59 Å². The van der Waals surface area contributed by atoms with Gasteiger partial charge in [-0.1, -0.05) is 17.7 Å². The number of rotatable bonds is 4. The Kier molecular flexibility index (Phi) is 4.96. The van der Waals surface area contributed by atoms with Crippen molar-refractivity contribution in [3.63, 3.8) is 0 Å². The van der Waals surface area contributed by atoms with Gasteiger partial charge < -0.3 is 10.0 Å². The topological polar surface area (TPSA) is 57.6 Å². The lowest BCUT2D eigenvalue weighted by atomic mass is 10.2. The van der Waals surface area contributed by atoms with Gasteiger partial charge in [0.2, 0.25) is 0 Å². The van der Waals surface area contributed by atoms with Gasteiger partial charge in [-0.2, -0.15) is 0 Å². The van der Waals surface area contributed by atoms with E-state index in [2.05, 4.69) is 15.9 Å². The number of amides is 1. The second-order valence-electron chi connectivity index (χ2n) is 3.47. The number of carboxylic acids is 1. The Morgan fingerprint density at radius 1 is 1.47 bits per heavy atom. The summed E-state index contributed by atoms with van der Waals surface area (Å²) in [5, 5.41) is 8.87. The Morgan fingerprint density at radius 3 is 2.71 bits per heavy atom. The first kappa shape index (κ1) is 14.0. The van der Waals surface area contributed by atoms with Gasteiger partial charge in [-0.05, 0) is 28.1 Å². The van der Waals surface area contributed by atoms with Crippen LogP contribution in [0.2, 0.25) is 5.02 Å². The van der Waals surface area contributed by atoms with Crippen LogP contribution in [-0.4, -0.2) is 35.5 Å². The van der Waals surface area contributed by atoms with Gasteiger partial charge in [0.15, 0.2) is 0 Å². The Morgan fingerprint density at radius 2 is 2.12 bits per heavy atom. The van der Waals surface area contributed by atoms with Crippen molar-refractivity contribution in [3.8, 4) is 0 Å². The van der Waals surface area contributed by atoms with Gasteiger partial charge in [-0.15, -0.1) is 0 Å². The van der Waals surface area contributed by atoms with E-state index < -0.39 is 5.97 Å². The van der Waals surface area contributed by atoms with Crippen LogP contribution in [0.15, 0.2) is 22.7 Å². The molecule has 0 bridgehead atoms. The molecule has 0 aliphatic heterocycles. The molecule has 17 heavy (non-hydrogen) atoms. The number of aliphatic carboxylic acids is 1. The maximum atomic E-state index is 12.0. The highest BCUT2D eigenvalue weighted by atomic mass is 79.9. The van der Waals surface area contributed by atoms with Crippen LogP contribution in [0.3, 0.4) is 0 Å². The molecule has 4 nitrogen and oxygen atoms in total. The molecule has 1 N–H and O–H groups in total. The summed E-state index contributed by atoms with van der Waals surface area (Å²) in [6.07, 6.45) is -0.0894. The van der Waals surface area contributed by atoms with Crippen molar-refractivity contribution >= 4 is 39.4 Å². The Hall–Kier alpha value is -1.07. The van der Waals surface area contributed by atoms with Crippen LogP contribution in [0.4, 0.5) is 0 Å². The van der Waals surface area contributed by atoms with E-state index in [1.807, 2.05) is 0 Å². The zero-order chi connectivity index (χ0) is 13.0. The van der Waals surface area contributed by atoms with Crippen LogP contribution in [0, 0.1) is 0 Å². The molecule has 0 saturated heterocycles. The fourth-order valence-corrected chi connectivity index (χ4v) is 1.81. The third-order valence-electron chi connectivity index (χ3n) is 2.19. The largest absolute Gasteiger partial charge is 0.481 e. The minimum absolute atomic E-state index is 0.0894. The van der Waals surface area contributed by atoms with Gasteiger partial charge in [0, 0.05) is 18.1 Å². The van der Waals surface area contributed by atoms with Crippen molar-refractivity contribution in [1.29, 1.82) is 0 Å². The van der Waals surface area contributed by atoms with Crippen LogP contribution in [0.5, 0.6) is 0 Å². The van der Waals surface area contributed by atoms with Crippen molar-refractivity contribution in [2.75, 3.05) is 13.6 Å². The van der Waals surface area contributed by atoms with Crippen molar-refractivity contribution < 1.29 is 14.7 Å². The van der Waals surface area contributed by atoms with Crippen molar-refractivity contribution in [2.24, 2.45) is 0 Å². The zero-order valence-electron chi connectivity index (χ0n) is 9.11. The maximum absolute atomic E-state index is 12.0. The first-order valence-corrected chi connectivity index (χ1v) is 6.02. The van der Waals surface area contributed by atoms with Crippen LogP contribution in [0.1, 0.15) is 16.8 Å². The van der Waals surface area contributed by atoms with E-state index >= 15 is 0 Å². The van der Waals surface area contributed by atoms with Gasteiger partial charge >= 0.3 is 5.97 Å². The Labute approximate surface area is 112 Å². The smallest absolute Gasteiger partial charge is 0.305 e. The number of hydrogen-bond acceptors (Lipinski definition) is 2. The Balaban J connectivity index is 2.82. The maximum Gasteiger partial charge on any atom is 0.305 e. The first-order valence-electron chi connectivity index (χ1n) is 4.84. The third-order valence-corrected chi connectivity index (χ3v) is 3.49. The molecule has 0 radical (unpaired) electrons. The van der Waals surface area contributed by atoms with E-state index in [0.29, 0.717) is 15.1 Å². The molecule has 6 heteroatoms. The van der Waals surface area contributed by atoms with Crippen molar-refractivity contribution in [2.45, 2.75) is 6.42 Å². The molecular formula is C11H11BrClNO3. The number of halogens is 2. The molecule has 1 rings (SSSR count). The van der Waals surface area contributed by atoms with Gasteiger partial charge in [-0.3, -0.25) is 9.59 Å². The molecule has 0 aliphatic carbocycles. The lowest BCUT2D eigenvalue weighted by Gasteiger charge is -2.17. The molecule has 0 unspecified atom stereocenters. The highest BCUT2D eigenvalue weighted by molar-refractivity contribution is 9.10. The predicted octanol–water partition coefficient (Wildman–Crippen LogP) is 2.65. The molecule has 0 fully saturated rings. The van der Waals surface area contributed by atoms with Gasteiger partial charge in [0.05, 0.1) is 17.0 Å². The van der Waals surface area contributed by atoms with Crippen molar-refractivity contribution in [1.82, 2.24) is 4.90 Å². The van der Waals surface area contributed by atoms with Gasteiger partial charge in [0.25, 0.3) is 5.91 Å². The number of carbonyl (C=O) groups is 2. The number of benzene rings is 1. The van der Waals surface area contributed by atoms with E-state index in [0.717, 1.165) is 0 Å². The molecule has 0 spiro atoms. The van der Waals surface area contributed by atoms with E-state index in [1.54, 1.807) is 25.2 Å². The standard InChI is InChI=1S/C11H11BrClNO3/c1-14(6-5-9(15)16)11(17)7-3-2-4-8(12)10(7)13/h2-4H,5-6H2,1H3,(H,15,16). The number of nitrogens with zero attached hydrogens (tertiary/aromatic N) is 1. The number of hydrogen-bond donors (Lipinski definition) is 1. The molecule has 1 aromatic carbocycles. The second-order valence-corrected chi connectivity index (χ2v) is 4.70. The van der Waals surface area contributed by atoms with Crippen LogP contribution in [-0.2, 0) is 4.79 Å². The van der Waals surface area contributed by atoms with Gasteiger partial charge in [0.1, 0.15) is 0 Å². The lowest BCUT2D eigenvalue weighted by molar-refractivity contribution is -0.137. The average Bonchev–Trinajstić information content (AvgIpc) is 2.28.